The number of allylic oxidation sites excluding steroid dienone is 3. The lowest BCUT2D eigenvalue weighted by Crippen LogP contribution is -2.37. The number of carbonyl (C=O) groups excluding carboxylic acids is 2. The van der Waals surface area contributed by atoms with E-state index in [1.807, 2.05) is 30.2 Å². The first-order valence-electron chi connectivity index (χ1n) is 12.3. The van der Waals surface area contributed by atoms with Gasteiger partial charge in [-0.2, -0.15) is 5.26 Å². The number of ketones is 1. The summed E-state index contributed by atoms with van der Waals surface area (Å²) in [6, 6.07) is 10.5. The highest BCUT2D eigenvalue weighted by atomic mass is 16.2. The standard InChI is InChI=1S/C29H38N2O2/c1-21(9-6-7-18-30)19-26(32)25-11-8-10-23-20-31(27(33)16-17-29(23,25)5)24-14-12-22(13-15-24)28(2,3)4/h12-15,19-20,25H,6-11,16-17H2,1-5H3. The van der Waals surface area contributed by atoms with Crippen LogP contribution in [0, 0.1) is 22.7 Å². The number of benzene rings is 1. The van der Waals surface area contributed by atoms with Gasteiger partial charge in [-0.05, 0) is 80.2 Å². The third kappa shape index (κ3) is 5.64. The Labute approximate surface area is 199 Å². The van der Waals surface area contributed by atoms with Gasteiger partial charge in [0.05, 0.1) is 6.07 Å². The van der Waals surface area contributed by atoms with Gasteiger partial charge in [-0.25, -0.2) is 0 Å². The maximum atomic E-state index is 13.3. The molecule has 4 heteroatoms. The minimum atomic E-state index is -0.297. The fourth-order valence-electron chi connectivity index (χ4n) is 5.24. The molecule has 0 radical (unpaired) electrons. The maximum Gasteiger partial charge on any atom is 0.231 e. The Morgan fingerprint density at radius 3 is 2.58 bits per heavy atom. The Morgan fingerprint density at radius 2 is 1.94 bits per heavy atom. The first-order chi connectivity index (χ1) is 15.6. The fraction of sp³-hybridized carbons (Fsp3) is 0.552. The summed E-state index contributed by atoms with van der Waals surface area (Å²) in [7, 11) is 0. The molecule has 0 N–H and O–H groups in total. The van der Waals surface area contributed by atoms with Crippen LogP contribution in [0.1, 0.15) is 91.5 Å². The average molecular weight is 447 g/mol. The summed E-state index contributed by atoms with van der Waals surface area (Å²) in [6.07, 6.45) is 9.80. The number of rotatable bonds is 6. The minimum absolute atomic E-state index is 0.0651. The van der Waals surface area contributed by atoms with E-state index in [0.717, 1.165) is 43.4 Å². The van der Waals surface area contributed by atoms with Crippen molar-refractivity contribution in [2.24, 2.45) is 11.3 Å². The predicted octanol–water partition coefficient (Wildman–Crippen LogP) is 7.01. The van der Waals surface area contributed by atoms with Gasteiger partial charge in [-0.3, -0.25) is 14.5 Å². The lowest BCUT2D eigenvalue weighted by atomic mass is 9.61. The third-order valence-corrected chi connectivity index (χ3v) is 7.46. The Balaban J connectivity index is 1.87. The molecule has 0 spiro atoms. The molecule has 33 heavy (non-hydrogen) atoms. The zero-order valence-corrected chi connectivity index (χ0v) is 20.9. The second-order valence-electron chi connectivity index (χ2n) is 11.0. The molecule has 1 aromatic rings. The van der Waals surface area contributed by atoms with Gasteiger partial charge in [0, 0.05) is 36.1 Å². The lowest BCUT2D eigenvalue weighted by Gasteiger charge is -2.42. The van der Waals surface area contributed by atoms with Crippen LogP contribution in [0.2, 0.25) is 0 Å². The van der Waals surface area contributed by atoms with E-state index >= 15 is 0 Å². The van der Waals surface area contributed by atoms with Crippen molar-refractivity contribution in [2.45, 2.75) is 91.4 Å². The van der Waals surface area contributed by atoms with Crippen LogP contribution in [0.25, 0.3) is 0 Å². The smallest absolute Gasteiger partial charge is 0.231 e. The van der Waals surface area contributed by atoms with Crippen molar-refractivity contribution >= 4 is 17.4 Å². The number of anilines is 1. The zero-order chi connectivity index (χ0) is 24.2. The highest BCUT2D eigenvalue weighted by Crippen LogP contribution is 2.50. The molecule has 0 bridgehead atoms. The van der Waals surface area contributed by atoms with Gasteiger partial charge in [0.15, 0.2) is 5.78 Å². The van der Waals surface area contributed by atoms with E-state index < -0.39 is 0 Å². The molecule has 1 saturated carbocycles. The first-order valence-corrected chi connectivity index (χ1v) is 12.3. The molecular weight excluding hydrogens is 408 g/mol. The summed E-state index contributed by atoms with van der Waals surface area (Å²) < 4.78 is 0. The number of hydrogen-bond donors (Lipinski definition) is 0. The molecule has 2 atom stereocenters. The van der Waals surface area contributed by atoms with E-state index in [4.69, 9.17) is 5.26 Å². The van der Waals surface area contributed by atoms with E-state index in [2.05, 4.69) is 45.9 Å². The first kappa shape index (κ1) is 25.0. The SMILES string of the molecule is CC(=CC(=O)C1CCCC2=CN(c3ccc(C(C)(C)C)cc3)C(=O)CCC21C)CCCC#N. The lowest BCUT2D eigenvalue weighted by molar-refractivity contribution is -0.123. The Morgan fingerprint density at radius 1 is 1.24 bits per heavy atom. The number of unbranched alkanes of at least 4 members (excludes halogenated alkanes) is 1. The second kappa shape index (κ2) is 10.1. The van der Waals surface area contributed by atoms with E-state index in [-0.39, 0.29) is 28.4 Å². The van der Waals surface area contributed by atoms with Gasteiger partial charge in [0.2, 0.25) is 5.91 Å². The number of nitrogens with zero attached hydrogens (tertiary/aromatic N) is 2. The van der Waals surface area contributed by atoms with E-state index in [1.165, 1.54) is 11.1 Å². The maximum absolute atomic E-state index is 13.3. The molecule has 1 fully saturated rings. The van der Waals surface area contributed by atoms with Gasteiger partial charge in [0.25, 0.3) is 0 Å². The normalized spacial score (nSPS) is 23.9. The monoisotopic (exact) mass is 446 g/mol. The Bertz CT molecular complexity index is 988. The van der Waals surface area contributed by atoms with Gasteiger partial charge < -0.3 is 0 Å². The summed E-state index contributed by atoms with van der Waals surface area (Å²) in [5.41, 5.74) is 4.16. The quantitative estimate of drug-likeness (QED) is 0.349. The van der Waals surface area contributed by atoms with Crippen LogP contribution in [0.3, 0.4) is 0 Å². The predicted molar refractivity (Wildman–Crippen MR) is 134 cm³/mol. The molecule has 1 aliphatic carbocycles. The molecule has 1 aliphatic heterocycles. The Hall–Kier alpha value is -2.67. The molecule has 3 rings (SSSR count). The van der Waals surface area contributed by atoms with Gasteiger partial charge in [-0.1, -0.05) is 45.4 Å². The van der Waals surface area contributed by atoms with Crippen LogP contribution < -0.4 is 4.90 Å². The number of nitriles is 1. The van der Waals surface area contributed by atoms with E-state index in [1.54, 1.807) is 6.08 Å². The third-order valence-electron chi connectivity index (χ3n) is 7.46. The number of carbonyl (C=O) groups is 2. The van der Waals surface area contributed by atoms with Crippen molar-refractivity contribution in [3.63, 3.8) is 0 Å². The molecule has 2 aliphatic rings. The Kier molecular flexibility index (Phi) is 7.62. The zero-order valence-electron chi connectivity index (χ0n) is 20.9. The minimum Gasteiger partial charge on any atom is -0.295 e. The van der Waals surface area contributed by atoms with Crippen molar-refractivity contribution in [1.82, 2.24) is 0 Å². The molecule has 0 aromatic heterocycles. The number of fused-ring (bicyclic) bond motifs is 1. The molecular formula is C29H38N2O2. The van der Waals surface area contributed by atoms with Gasteiger partial charge >= 0.3 is 0 Å². The van der Waals surface area contributed by atoms with Crippen molar-refractivity contribution in [3.05, 3.63) is 53.3 Å². The molecule has 4 nitrogen and oxygen atoms in total. The van der Waals surface area contributed by atoms with Crippen LogP contribution in [0.15, 0.2) is 47.7 Å². The average Bonchev–Trinajstić information content (AvgIpc) is 2.89. The molecule has 0 saturated heterocycles. The molecule has 1 aromatic carbocycles. The fourth-order valence-corrected chi connectivity index (χ4v) is 5.24. The molecule has 176 valence electrons. The van der Waals surface area contributed by atoms with Crippen LogP contribution in [-0.4, -0.2) is 11.7 Å². The van der Waals surface area contributed by atoms with Crippen LogP contribution in [0.4, 0.5) is 5.69 Å². The summed E-state index contributed by atoms with van der Waals surface area (Å²) in [4.78, 5) is 28.3. The summed E-state index contributed by atoms with van der Waals surface area (Å²) in [5.74, 6) is 0.170. The van der Waals surface area contributed by atoms with Gasteiger partial charge in [-0.15, -0.1) is 0 Å². The van der Waals surface area contributed by atoms with Crippen molar-refractivity contribution in [3.8, 4) is 6.07 Å². The van der Waals surface area contributed by atoms with Crippen LogP contribution >= 0.6 is 0 Å². The van der Waals surface area contributed by atoms with Gasteiger partial charge in [0.1, 0.15) is 0 Å². The topological polar surface area (TPSA) is 61.2 Å². The summed E-state index contributed by atoms with van der Waals surface area (Å²) >= 11 is 0. The molecule has 2 unspecified atom stereocenters. The second-order valence-corrected chi connectivity index (χ2v) is 11.0. The van der Waals surface area contributed by atoms with Crippen LogP contribution in [0.5, 0.6) is 0 Å². The highest BCUT2D eigenvalue weighted by Gasteiger charge is 2.45. The summed E-state index contributed by atoms with van der Waals surface area (Å²) in [5, 5.41) is 8.75. The highest BCUT2D eigenvalue weighted by molar-refractivity contribution is 5.97. The van der Waals surface area contributed by atoms with Crippen molar-refractivity contribution in [2.75, 3.05) is 4.90 Å². The summed E-state index contributed by atoms with van der Waals surface area (Å²) in [6.45, 7) is 10.7. The van der Waals surface area contributed by atoms with Crippen molar-refractivity contribution in [1.29, 1.82) is 5.26 Å². The molecule has 1 heterocycles. The number of hydrogen-bond acceptors (Lipinski definition) is 3. The van der Waals surface area contributed by atoms with Crippen molar-refractivity contribution < 1.29 is 9.59 Å². The van der Waals surface area contributed by atoms with E-state index in [0.29, 0.717) is 19.3 Å². The van der Waals surface area contributed by atoms with Crippen LogP contribution in [-0.2, 0) is 15.0 Å². The number of amides is 1. The molecule has 1 amide bonds. The van der Waals surface area contributed by atoms with E-state index in [9.17, 15) is 9.59 Å². The largest absolute Gasteiger partial charge is 0.295 e.